The lowest BCUT2D eigenvalue weighted by atomic mass is 9.96. The molecular weight excluding hydrogens is 268 g/mol. The summed E-state index contributed by atoms with van der Waals surface area (Å²) in [5, 5.41) is 18.8. The van der Waals surface area contributed by atoms with Crippen molar-refractivity contribution in [1.29, 1.82) is 0 Å². The van der Waals surface area contributed by atoms with Gasteiger partial charge in [-0.1, -0.05) is 0 Å². The number of fused-ring (bicyclic) bond motifs is 1. The second-order valence-corrected chi connectivity index (χ2v) is 6.11. The molecule has 5 heteroatoms. The number of benzene rings is 1. The fourth-order valence-corrected chi connectivity index (χ4v) is 2.37. The van der Waals surface area contributed by atoms with Gasteiger partial charge in [0.1, 0.15) is 5.60 Å². The van der Waals surface area contributed by atoms with E-state index in [1.54, 1.807) is 6.20 Å². The van der Waals surface area contributed by atoms with Crippen molar-refractivity contribution in [3.8, 4) is 0 Å². The van der Waals surface area contributed by atoms with Gasteiger partial charge in [-0.25, -0.2) is 4.79 Å². The maximum Gasteiger partial charge on any atom is 0.339 e. The first-order chi connectivity index (χ1) is 9.74. The minimum atomic E-state index is -0.544. The Bertz CT molecular complexity index is 703. The average molecular weight is 288 g/mol. The molecule has 0 spiro atoms. The van der Waals surface area contributed by atoms with Crippen molar-refractivity contribution in [1.82, 2.24) is 10.2 Å². The summed E-state index contributed by atoms with van der Waals surface area (Å²) in [5.74, 6) is -0.346. The number of hydrogen-bond acceptors (Lipinski definition) is 5. The molecule has 5 nitrogen and oxygen atoms in total. The molecule has 0 saturated carbocycles. The van der Waals surface area contributed by atoms with E-state index in [1.807, 2.05) is 40.7 Å². The Hall–Kier alpha value is -2.01. The third-order valence-electron chi connectivity index (χ3n) is 3.25. The number of aliphatic hydroxyl groups excluding tert-OH is 1. The number of rotatable bonds is 2. The van der Waals surface area contributed by atoms with E-state index in [0.29, 0.717) is 11.3 Å². The second kappa shape index (κ2) is 5.41. The number of aryl methyl sites for hydroxylation is 2. The lowest BCUT2D eigenvalue weighted by Gasteiger charge is -2.21. The molecule has 21 heavy (non-hydrogen) atoms. The predicted molar refractivity (Wildman–Crippen MR) is 80.1 cm³/mol. The number of aromatic nitrogens is 2. The third-order valence-corrected chi connectivity index (χ3v) is 3.25. The summed E-state index contributed by atoms with van der Waals surface area (Å²) in [5.41, 5.74) is 2.11. The van der Waals surface area contributed by atoms with E-state index in [9.17, 15) is 9.90 Å². The molecule has 0 fully saturated rings. The van der Waals surface area contributed by atoms with Crippen LogP contribution in [0.3, 0.4) is 0 Å². The number of carbonyl (C=O) groups is 1. The zero-order valence-corrected chi connectivity index (χ0v) is 13.0. The molecule has 0 radical (unpaired) electrons. The van der Waals surface area contributed by atoms with Crippen molar-refractivity contribution in [2.75, 3.05) is 0 Å². The molecule has 0 amide bonds. The van der Waals surface area contributed by atoms with Crippen LogP contribution in [0.2, 0.25) is 0 Å². The number of aliphatic hydroxyl groups is 1. The van der Waals surface area contributed by atoms with Crippen LogP contribution < -0.4 is 0 Å². The maximum atomic E-state index is 12.4. The number of carbonyl (C=O) groups excluding carboxylic acids is 1. The molecule has 0 unspecified atom stereocenters. The van der Waals surface area contributed by atoms with Gasteiger partial charge >= 0.3 is 5.97 Å². The first-order valence-electron chi connectivity index (χ1n) is 6.83. The van der Waals surface area contributed by atoms with Crippen molar-refractivity contribution < 1.29 is 14.6 Å². The summed E-state index contributed by atoms with van der Waals surface area (Å²) in [4.78, 5) is 12.4. The van der Waals surface area contributed by atoms with Gasteiger partial charge in [0.25, 0.3) is 0 Å². The zero-order chi connectivity index (χ0) is 15.8. The van der Waals surface area contributed by atoms with Crippen molar-refractivity contribution in [2.24, 2.45) is 0 Å². The molecule has 2 aromatic rings. The predicted octanol–water partition coefficient (Wildman–Crippen LogP) is 2.69. The Balaban J connectivity index is 2.64. The van der Waals surface area contributed by atoms with Crippen molar-refractivity contribution in [3.63, 3.8) is 0 Å². The van der Waals surface area contributed by atoms with Gasteiger partial charge in [0.05, 0.1) is 24.1 Å². The molecule has 1 heterocycles. The van der Waals surface area contributed by atoms with Gasteiger partial charge in [-0.2, -0.15) is 10.2 Å². The minimum Gasteiger partial charge on any atom is -0.456 e. The SMILES string of the molecule is Cc1cc2c(CO)nncc2c(C)c1C(=O)OC(C)(C)C. The Morgan fingerprint density at radius 1 is 1.29 bits per heavy atom. The Kier molecular flexibility index (Phi) is 3.96. The maximum absolute atomic E-state index is 12.4. The highest BCUT2D eigenvalue weighted by Gasteiger charge is 2.22. The van der Waals surface area contributed by atoms with E-state index in [1.165, 1.54) is 0 Å². The summed E-state index contributed by atoms with van der Waals surface area (Å²) in [6.07, 6.45) is 1.61. The summed E-state index contributed by atoms with van der Waals surface area (Å²) in [6.45, 7) is 9.05. The molecular formula is C16H20N2O3. The van der Waals surface area contributed by atoms with Gasteiger partial charge in [-0.3, -0.25) is 0 Å². The smallest absolute Gasteiger partial charge is 0.339 e. The molecule has 1 N–H and O–H groups in total. The first kappa shape index (κ1) is 15.4. The molecule has 2 rings (SSSR count). The van der Waals surface area contributed by atoms with Crippen LogP contribution in [0.25, 0.3) is 10.8 Å². The molecule has 1 aromatic heterocycles. The molecule has 112 valence electrons. The second-order valence-electron chi connectivity index (χ2n) is 6.11. The highest BCUT2D eigenvalue weighted by Crippen LogP contribution is 2.27. The first-order valence-corrected chi connectivity index (χ1v) is 6.83. The van der Waals surface area contributed by atoms with Gasteiger partial charge in [-0.15, -0.1) is 0 Å². The number of nitrogens with zero attached hydrogens (tertiary/aromatic N) is 2. The summed E-state index contributed by atoms with van der Waals surface area (Å²) in [7, 11) is 0. The van der Waals surface area contributed by atoms with Gasteiger partial charge in [0.15, 0.2) is 0 Å². The highest BCUT2D eigenvalue weighted by atomic mass is 16.6. The minimum absolute atomic E-state index is 0.186. The fraction of sp³-hybridized carbons (Fsp3) is 0.438. The van der Waals surface area contributed by atoms with Crippen LogP contribution in [0.5, 0.6) is 0 Å². The summed E-state index contributed by atoms with van der Waals surface area (Å²) in [6, 6.07) is 1.85. The van der Waals surface area contributed by atoms with E-state index < -0.39 is 5.60 Å². The molecule has 0 aliphatic heterocycles. The van der Waals surface area contributed by atoms with Gasteiger partial charge < -0.3 is 9.84 Å². The van der Waals surface area contributed by atoms with Crippen molar-refractivity contribution in [2.45, 2.75) is 46.8 Å². The fourth-order valence-electron chi connectivity index (χ4n) is 2.37. The molecule has 0 aliphatic carbocycles. The normalized spacial score (nSPS) is 11.7. The van der Waals surface area contributed by atoms with Gasteiger partial charge in [0.2, 0.25) is 0 Å². The van der Waals surface area contributed by atoms with Crippen molar-refractivity contribution >= 4 is 16.7 Å². The van der Waals surface area contributed by atoms with E-state index in [2.05, 4.69) is 10.2 Å². The summed E-state index contributed by atoms with van der Waals surface area (Å²) >= 11 is 0. The lowest BCUT2D eigenvalue weighted by molar-refractivity contribution is 0.00682. The Morgan fingerprint density at radius 3 is 2.52 bits per heavy atom. The topological polar surface area (TPSA) is 72.3 Å². The van der Waals surface area contributed by atoms with Gasteiger partial charge in [-0.05, 0) is 51.8 Å². The van der Waals surface area contributed by atoms with Crippen LogP contribution in [-0.2, 0) is 11.3 Å². The third kappa shape index (κ3) is 3.03. The lowest BCUT2D eigenvalue weighted by Crippen LogP contribution is -2.25. The van der Waals surface area contributed by atoms with Gasteiger partial charge in [0, 0.05) is 10.8 Å². The van der Waals surface area contributed by atoms with Crippen LogP contribution in [-0.4, -0.2) is 26.9 Å². The van der Waals surface area contributed by atoms with Crippen LogP contribution in [0.15, 0.2) is 12.3 Å². The van der Waals surface area contributed by atoms with Crippen LogP contribution in [0.4, 0.5) is 0 Å². The molecule has 1 aromatic carbocycles. The van der Waals surface area contributed by atoms with Crippen LogP contribution >= 0.6 is 0 Å². The summed E-state index contributed by atoms with van der Waals surface area (Å²) < 4.78 is 5.47. The van der Waals surface area contributed by atoms with E-state index >= 15 is 0 Å². The molecule has 0 bridgehead atoms. The molecule has 0 saturated heterocycles. The quantitative estimate of drug-likeness (QED) is 0.860. The Labute approximate surface area is 124 Å². The average Bonchev–Trinajstić information content (AvgIpc) is 2.36. The number of ether oxygens (including phenoxy) is 1. The number of esters is 1. The van der Waals surface area contributed by atoms with E-state index in [-0.39, 0.29) is 12.6 Å². The Morgan fingerprint density at radius 2 is 1.95 bits per heavy atom. The molecule has 0 atom stereocenters. The monoisotopic (exact) mass is 288 g/mol. The standard InChI is InChI=1S/C16H20N2O3/c1-9-6-11-12(7-17-18-13(11)8-19)10(2)14(9)15(20)21-16(3,4)5/h6-7,19H,8H2,1-5H3. The molecule has 0 aliphatic rings. The van der Waals surface area contributed by atoms with Crippen LogP contribution in [0, 0.1) is 13.8 Å². The van der Waals surface area contributed by atoms with E-state index in [4.69, 9.17) is 4.74 Å². The van der Waals surface area contributed by atoms with Crippen LogP contribution in [0.1, 0.15) is 48.0 Å². The number of hydrogen-bond donors (Lipinski definition) is 1. The largest absolute Gasteiger partial charge is 0.456 e. The van der Waals surface area contributed by atoms with E-state index in [0.717, 1.165) is 21.9 Å². The zero-order valence-electron chi connectivity index (χ0n) is 13.0. The highest BCUT2D eigenvalue weighted by molar-refractivity contribution is 6.00. The van der Waals surface area contributed by atoms with Crippen molar-refractivity contribution in [3.05, 3.63) is 34.6 Å².